The Morgan fingerprint density at radius 1 is 1.50 bits per heavy atom. The van der Waals surface area contributed by atoms with E-state index in [0.29, 0.717) is 21.0 Å². The number of hydrogen-bond acceptors (Lipinski definition) is 4. The summed E-state index contributed by atoms with van der Waals surface area (Å²) in [5.41, 5.74) is 0.487. The zero-order valence-electron chi connectivity index (χ0n) is 11.4. The van der Waals surface area contributed by atoms with Gasteiger partial charge in [-0.15, -0.1) is 0 Å². The summed E-state index contributed by atoms with van der Waals surface area (Å²) in [6, 6.07) is 10.4. The zero-order chi connectivity index (χ0) is 16.1. The van der Waals surface area contributed by atoms with Crippen molar-refractivity contribution in [3.8, 4) is 11.8 Å². The average molecular weight is 473 g/mol. The Kier molecular flexibility index (Phi) is 5.63. The van der Waals surface area contributed by atoms with Gasteiger partial charge in [-0.1, -0.05) is 6.07 Å². The van der Waals surface area contributed by atoms with Gasteiger partial charge in [0.15, 0.2) is 3.77 Å². The molecule has 2 aromatic rings. The van der Waals surface area contributed by atoms with E-state index in [1.54, 1.807) is 30.3 Å². The molecule has 0 bridgehead atoms. The molecule has 0 aliphatic heterocycles. The highest BCUT2D eigenvalue weighted by atomic mass is 127. The van der Waals surface area contributed by atoms with Crippen molar-refractivity contribution in [2.45, 2.75) is 0 Å². The molecule has 1 amide bonds. The SMILES string of the molecule is COc1cccc(NC(=O)/C(C#N)=C\c2cc(Br)c(I)o2)c1. The minimum Gasteiger partial charge on any atom is -0.497 e. The van der Waals surface area contributed by atoms with Crippen LogP contribution in [0.3, 0.4) is 0 Å². The average Bonchev–Trinajstić information content (AvgIpc) is 2.83. The summed E-state index contributed by atoms with van der Waals surface area (Å²) in [5.74, 6) is 0.525. The third-order valence-corrected chi connectivity index (χ3v) is 4.78. The first-order chi connectivity index (χ1) is 10.5. The number of furan rings is 1. The molecule has 0 radical (unpaired) electrons. The van der Waals surface area contributed by atoms with E-state index < -0.39 is 5.91 Å². The second kappa shape index (κ2) is 7.47. The predicted octanol–water partition coefficient (Wildman–Crippen LogP) is 4.20. The topological polar surface area (TPSA) is 75.3 Å². The maximum Gasteiger partial charge on any atom is 0.266 e. The van der Waals surface area contributed by atoms with Crippen molar-refractivity contribution in [2.24, 2.45) is 0 Å². The molecule has 0 spiro atoms. The van der Waals surface area contributed by atoms with Crippen LogP contribution in [0.4, 0.5) is 5.69 Å². The van der Waals surface area contributed by atoms with E-state index >= 15 is 0 Å². The molecule has 0 fully saturated rings. The van der Waals surface area contributed by atoms with Crippen molar-refractivity contribution in [3.63, 3.8) is 0 Å². The molecule has 1 aromatic heterocycles. The summed E-state index contributed by atoms with van der Waals surface area (Å²) in [6.45, 7) is 0. The molecule has 5 nitrogen and oxygen atoms in total. The number of benzene rings is 1. The van der Waals surface area contributed by atoms with Crippen molar-refractivity contribution in [2.75, 3.05) is 12.4 Å². The Hall–Kier alpha value is -1.79. The van der Waals surface area contributed by atoms with Crippen molar-refractivity contribution >= 4 is 56.2 Å². The molecule has 2 rings (SSSR count). The highest BCUT2D eigenvalue weighted by Gasteiger charge is 2.12. The van der Waals surface area contributed by atoms with Crippen LogP contribution in [0.1, 0.15) is 5.76 Å². The minimum absolute atomic E-state index is 0.0551. The van der Waals surface area contributed by atoms with Crippen LogP contribution in [0.5, 0.6) is 5.75 Å². The Morgan fingerprint density at radius 3 is 2.86 bits per heavy atom. The first kappa shape index (κ1) is 16.6. The fraction of sp³-hybridized carbons (Fsp3) is 0.0667. The Morgan fingerprint density at radius 2 is 2.27 bits per heavy atom. The van der Waals surface area contributed by atoms with Crippen molar-refractivity contribution in [1.29, 1.82) is 5.26 Å². The summed E-state index contributed by atoms with van der Waals surface area (Å²) in [5, 5.41) is 11.8. The smallest absolute Gasteiger partial charge is 0.266 e. The quantitative estimate of drug-likeness (QED) is 0.411. The second-order valence-corrected chi connectivity index (χ2v) is 5.96. The lowest BCUT2D eigenvalue weighted by Gasteiger charge is -2.06. The first-order valence-electron chi connectivity index (χ1n) is 6.05. The first-order valence-corrected chi connectivity index (χ1v) is 7.92. The molecule has 0 atom stereocenters. The molecule has 0 saturated carbocycles. The lowest BCUT2D eigenvalue weighted by Crippen LogP contribution is -2.13. The molecule has 0 aliphatic carbocycles. The van der Waals surface area contributed by atoms with E-state index in [2.05, 4.69) is 21.2 Å². The van der Waals surface area contributed by atoms with Gasteiger partial charge in [0.05, 0.1) is 11.6 Å². The zero-order valence-corrected chi connectivity index (χ0v) is 15.1. The van der Waals surface area contributed by atoms with E-state index in [1.165, 1.54) is 13.2 Å². The summed E-state index contributed by atoms with van der Waals surface area (Å²) in [4.78, 5) is 12.1. The maximum atomic E-state index is 12.1. The normalized spacial score (nSPS) is 10.9. The summed E-state index contributed by atoms with van der Waals surface area (Å²) < 4.78 is 11.9. The number of carbonyl (C=O) groups excluding carboxylic acids is 1. The van der Waals surface area contributed by atoms with Gasteiger partial charge in [0.1, 0.15) is 23.2 Å². The Balaban J connectivity index is 2.20. The van der Waals surface area contributed by atoms with Crippen LogP contribution in [0.2, 0.25) is 0 Å². The van der Waals surface area contributed by atoms with E-state index in [4.69, 9.17) is 14.4 Å². The molecule has 0 unspecified atom stereocenters. The largest absolute Gasteiger partial charge is 0.497 e. The molecule has 7 heteroatoms. The van der Waals surface area contributed by atoms with Gasteiger partial charge in [-0.3, -0.25) is 4.79 Å². The molecular weight excluding hydrogens is 463 g/mol. The molecule has 112 valence electrons. The summed E-state index contributed by atoms with van der Waals surface area (Å²) >= 11 is 5.31. The number of nitriles is 1. The number of amides is 1. The van der Waals surface area contributed by atoms with Crippen LogP contribution in [-0.2, 0) is 4.79 Å². The van der Waals surface area contributed by atoms with Crippen LogP contribution in [0.25, 0.3) is 6.08 Å². The number of nitrogens with zero attached hydrogens (tertiary/aromatic N) is 1. The van der Waals surface area contributed by atoms with Crippen molar-refractivity contribution in [1.82, 2.24) is 0 Å². The van der Waals surface area contributed by atoms with E-state index in [1.807, 2.05) is 28.7 Å². The van der Waals surface area contributed by atoms with Crippen LogP contribution in [-0.4, -0.2) is 13.0 Å². The summed E-state index contributed by atoms with van der Waals surface area (Å²) in [6.07, 6.45) is 1.39. The maximum absolute atomic E-state index is 12.1. The van der Waals surface area contributed by atoms with E-state index in [-0.39, 0.29) is 5.57 Å². The van der Waals surface area contributed by atoms with Gasteiger partial charge in [-0.05, 0) is 34.1 Å². The van der Waals surface area contributed by atoms with Crippen LogP contribution >= 0.6 is 38.5 Å². The Bertz CT molecular complexity index is 758. The minimum atomic E-state index is -0.515. The van der Waals surface area contributed by atoms with Gasteiger partial charge < -0.3 is 14.5 Å². The third-order valence-electron chi connectivity index (χ3n) is 2.64. The molecular formula is C15H10BrIN2O3. The van der Waals surface area contributed by atoms with Crippen LogP contribution < -0.4 is 10.1 Å². The molecule has 0 saturated heterocycles. The van der Waals surface area contributed by atoms with Gasteiger partial charge in [-0.25, -0.2) is 0 Å². The number of anilines is 1. The van der Waals surface area contributed by atoms with Gasteiger partial charge in [0.25, 0.3) is 5.91 Å². The van der Waals surface area contributed by atoms with Gasteiger partial charge in [0, 0.05) is 40.4 Å². The molecule has 0 aliphatic rings. The number of methoxy groups -OCH3 is 1. The molecule has 22 heavy (non-hydrogen) atoms. The number of rotatable bonds is 4. The number of hydrogen-bond donors (Lipinski definition) is 1. The Labute approximate surface area is 149 Å². The summed E-state index contributed by atoms with van der Waals surface area (Å²) in [7, 11) is 1.54. The monoisotopic (exact) mass is 472 g/mol. The standard InChI is InChI=1S/C15H10BrIN2O3/c1-21-11-4-2-3-10(6-11)19-15(20)9(8-18)5-12-7-13(16)14(17)22-12/h2-7H,1H3,(H,19,20)/b9-5-. The lowest BCUT2D eigenvalue weighted by atomic mass is 10.2. The lowest BCUT2D eigenvalue weighted by molar-refractivity contribution is -0.112. The number of carbonyl (C=O) groups is 1. The highest BCUT2D eigenvalue weighted by Crippen LogP contribution is 2.25. The molecule has 1 aromatic carbocycles. The number of halogens is 2. The molecule has 1 N–H and O–H groups in total. The third kappa shape index (κ3) is 4.11. The fourth-order valence-electron chi connectivity index (χ4n) is 1.62. The van der Waals surface area contributed by atoms with Crippen molar-refractivity contribution in [3.05, 3.63) is 49.9 Å². The fourth-order valence-corrected chi connectivity index (χ4v) is 2.34. The van der Waals surface area contributed by atoms with Gasteiger partial charge in [0.2, 0.25) is 0 Å². The van der Waals surface area contributed by atoms with E-state index in [9.17, 15) is 4.79 Å². The van der Waals surface area contributed by atoms with Gasteiger partial charge >= 0.3 is 0 Å². The molecule has 1 heterocycles. The number of nitrogens with one attached hydrogen (secondary N) is 1. The second-order valence-electron chi connectivity index (χ2n) is 4.13. The predicted molar refractivity (Wildman–Crippen MR) is 94.3 cm³/mol. The highest BCUT2D eigenvalue weighted by molar-refractivity contribution is 14.1. The van der Waals surface area contributed by atoms with Crippen LogP contribution in [0.15, 0.2) is 44.8 Å². The van der Waals surface area contributed by atoms with Crippen LogP contribution in [0, 0.1) is 15.1 Å². The van der Waals surface area contributed by atoms with E-state index in [0.717, 1.165) is 4.47 Å². The number of ether oxygens (including phenoxy) is 1. The van der Waals surface area contributed by atoms with Gasteiger partial charge in [-0.2, -0.15) is 5.26 Å². The van der Waals surface area contributed by atoms with Crippen molar-refractivity contribution < 1.29 is 13.9 Å².